The van der Waals surface area contributed by atoms with Gasteiger partial charge < -0.3 is 14.4 Å². The van der Waals surface area contributed by atoms with Gasteiger partial charge in [-0.15, -0.1) is 12.4 Å². The fraction of sp³-hybridized carbons (Fsp3) is 0.375. The zero-order valence-electron chi connectivity index (χ0n) is 18.4. The standard InChI is InChI=1S/C24H30N2O3.ClH/c1-6-25(7-2)15-19-21(27)14-13-20-23(19)22(24(28)29-8-3)17(5)26(20)18-11-9-16(4)10-12-18;/h9-14,27H,6-8,15H2,1-5H3;1H. The van der Waals surface area contributed by atoms with Crippen molar-refractivity contribution in [3.63, 3.8) is 0 Å². The molecule has 0 bridgehead atoms. The van der Waals surface area contributed by atoms with Gasteiger partial charge >= 0.3 is 5.97 Å². The Bertz CT molecular complexity index is 1020. The normalized spacial score (nSPS) is 11.0. The van der Waals surface area contributed by atoms with Crippen LogP contribution in [-0.4, -0.2) is 40.2 Å². The molecule has 162 valence electrons. The molecule has 0 aliphatic heterocycles. The van der Waals surface area contributed by atoms with Crippen LogP contribution in [0.1, 0.15) is 48.0 Å². The van der Waals surface area contributed by atoms with Crippen LogP contribution < -0.4 is 0 Å². The molecule has 3 rings (SSSR count). The molecule has 0 fully saturated rings. The van der Waals surface area contributed by atoms with Gasteiger partial charge in [0.15, 0.2) is 0 Å². The summed E-state index contributed by atoms with van der Waals surface area (Å²) in [5.41, 5.74) is 5.16. The van der Waals surface area contributed by atoms with Gasteiger partial charge in [0.1, 0.15) is 5.75 Å². The lowest BCUT2D eigenvalue weighted by molar-refractivity contribution is 0.0527. The largest absolute Gasteiger partial charge is 0.508 e. The third-order valence-corrected chi connectivity index (χ3v) is 5.50. The number of rotatable bonds is 7. The van der Waals surface area contributed by atoms with Crippen LogP contribution >= 0.6 is 12.4 Å². The number of aromatic hydroxyl groups is 1. The number of carbonyl (C=O) groups excluding carboxylic acids is 1. The smallest absolute Gasteiger partial charge is 0.340 e. The molecule has 2 aromatic carbocycles. The zero-order chi connectivity index (χ0) is 21.1. The van der Waals surface area contributed by atoms with Crippen LogP contribution in [0.5, 0.6) is 5.75 Å². The lowest BCUT2D eigenvalue weighted by atomic mass is 10.0. The summed E-state index contributed by atoms with van der Waals surface area (Å²) in [5.74, 6) is -0.150. The molecule has 6 heteroatoms. The Labute approximate surface area is 184 Å². The van der Waals surface area contributed by atoms with Crippen molar-refractivity contribution in [3.05, 3.63) is 58.8 Å². The Hall–Kier alpha value is -2.50. The predicted octanol–water partition coefficient (Wildman–Crippen LogP) is 5.39. The third-order valence-electron chi connectivity index (χ3n) is 5.50. The second-order valence-corrected chi connectivity index (χ2v) is 7.27. The van der Waals surface area contributed by atoms with E-state index in [9.17, 15) is 9.90 Å². The maximum atomic E-state index is 12.9. The van der Waals surface area contributed by atoms with Gasteiger partial charge in [0, 0.05) is 28.9 Å². The Morgan fingerprint density at radius 1 is 1.03 bits per heavy atom. The molecule has 0 saturated carbocycles. The van der Waals surface area contributed by atoms with Gasteiger partial charge in [-0.3, -0.25) is 4.90 Å². The molecule has 30 heavy (non-hydrogen) atoms. The van der Waals surface area contributed by atoms with Crippen molar-refractivity contribution in [1.82, 2.24) is 9.47 Å². The highest BCUT2D eigenvalue weighted by molar-refractivity contribution is 6.08. The van der Waals surface area contributed by atoms with Crippen molar-refractivity contribution in [1.29, 1.82) is 0 Å². The van der Waals surface area contributed by atoms with E-state index < -0.39 is 0 Å². The van der Waals surface area contributed by atoms with Gasteiger partial charge in [0.2, 0.25) is 0 Å². The number of fused-ring (bicyclic) bond motifs is 1. The SMILES string of the molecule is CCOC(=O)c1c(C)n(-c2ccc(C)cc2)c2ccc(O)c(CN(CC)CC)c12.Cl. The second-order valence-electron chi connectivity index (χ2n) is 7.27. The minimum Gasteiger partial charge on any atom is -0.508 e. The van der Waals surface area contributed by atoms with Crippen molar-refractivity contribution in [2.45, 2.75) is 41.2 Å². The van der Waals surface area contributed by atoms with E-state index in [4.69, 9.17) is 4.74 Å². The number of halogens is 1. The molecule has 1 aromatic heterocycles. The number of esters is 1. The summed E-state index contributed by atoms with van der Waals surface area (Å²) >= 11 is 0. The number of nitrogens with zero attached hydrogens (tertiary/aromatic N) is 2. The van der Waals surface area contributed by atoms with Gasteiger partial charge in [-0.25, -0.2) is 4.79 Å². The summed E-state index contributed by atoms with van der Waals surface area (Å²) in [7, 11) is 0. The lowest BCUT2D eigenvalue weighted by Gasteiger charge is -2.20. The first kappa shape index (κ1) is 23.8. The molecule has 0 spiro atoms. The molecule has 0 aliphatic carbocycles. The fourth-order valence-corrected chi connectivity index (χ4v) is 3.87. The highest BCUT2D eigenvalue weighted by Crippen LogP contribution is 2.37. The highest BCUT2D eigenvalue weighted by Gasteiger charge is 2.26. The minimum atomic E-state index is -0.354. The van der Waals surface area contributed by atoms with E-state index in [1.807, 2.05) is 25.1 Å². The Morgan fingerprint density at radius 3 is 2.23 bits per heavy atom. The molecule has 0 saturated heterocycles. The lowest BCUT2D eigenvalue weighted by Crippen LogP contribution is -2.22. The van der Waals surface area contributed by atoms with Crippen LogP contribution in [0.15, 0.2) is 36.4 Å². The van der Waals surface area contributed by atoms with Gasteiger partial charge in [-0.05, 0) is 58.1 Å². The Morgan fingerprint density at radius 2 is 1.67 bits per heavy atom. The maximum Gasteiger partial charge on any atom is 0.340 e. The van der Waals surface area contributed by atoms with E-state index >= 15 is 0 Å². The molecule has 0 unspecified atom stereocenters. The third kappa shape index (κ3) is 4.32. The first-order valence-electron chi connectivity index (χ1n) is 10.2. The quantitative estimate of drug-likeness (QED) is 0.510. The van der Waals surface area contributed by atoms with E-state index in [-0.39, 0.29) is 24.1 Å². The van der Waals surface area contributed by atoms with E-state index in [1.165, 1.54) is 5.56 Å². The number of phenolic OH excluding ortho intramolecular Hbond substituents is 1. The second kappa shape index (κ2) is 10.0. The molecule has 5 nitrogen and oxygen atoms in total. The van der Waals surface area contributed by atoms with Crippen molar-refractivity contribution < 1.29 is 14.6 Å². The average molecular weight is 431 g/mol. The summed E-state index contributed by atoms with van der Waals surface area (Å²) in [6, 6.07) is 11.8. The Balaban J connectivity index is 0.00000320. The number of aromatic nitrogens is 1. The molecule has 0 radical (unpaired) electrons. The van der Waals surface area contributed by atoms with Crippen LogP contribution in [0.25, 0.3) is 16.6 Å². The van der Waals surface area contributed by atoms with E-state index in [0.717, 1.165) is 40.9 Å². The summed E-state index contributed by atoms with van der Waals surface area (Å²) in [6.45, 7) is 12.6. The number of hydrogen-bond donors (Lipinski definition) is 1. The Kier molecular flexibility index (Phi) is 7.93. The molecule has 0 atom stereocenters. The molecule has 0 aliphatic rings. The van der Waals surface area contributed by atoms with Crippen LogP contribution in [0.2, 0.25) is 0 Å². The van der Waals surface area contributed by atoms with Crippen LogP contribution in [0.4, 0.5) is 0 Å². The maximum absolute atomic E-state index is 12.9. The van der Waals surface area contributed by atoms with E-state index in [0.29, 0.717) is 18.7 Å². The summed E-state index contributed by atoms with van der Waals surface area (Å²) in [4.78, 5) is 15.2. The summed E-state index contributed by atoms with van der Waals surface area (Å²) in [5, 5.41) is 11.5. The molecule has 1 N–H and O–H groups in total. The first-order chi connectivity index (χ1) is 13.9. The monoisotopic (exact) mass is 430 g/mol. The summed E-state index contributed by atoms with van der Waals surface area (Å²) < 4.78 is 7.47. The number of aryl methyl sites for hydroxylation is 1. The number of phenols is 1. The van der Waals surface area contributed by atoms with Crippen molar-refractivity contribution in [3.8, 4) is 11.4 Å². The van der Waals surface area contributed by atoms with Crippen LogP contribution in [0.3, 0.4) is 0 Å². The predicted molar refractivity (Wildman–Crippen MR) is 124 cm³/mol. The average Bonchev–Trinajstić information content (AvgIpc) is 3.00. The number of carbonyl (C=O) groups is 1. The van der Waals surface area contributed by atoms with Crippen LogP contribution in [0, 0.1) is 13.8 Å². The van der Waals surface area contributed by atoms with E-state index in [1.54, 1.807) is 13.0 Å². The number of hydrogen-bond acceptors (Lipinski definition) is 4. The van der Waals surface area contributed by atoms with Gasteiger partial charge in [0.25, 0.3) is 0 Å². The van der Waals surface area contributed by atoms with Crippen molar-refractivity contribution >= 4 is 29.3 Å². The highest BCUT2D eigenvalue weighted by atomic mass is 35.5. The van der Waals surface area contributed by atoms with Gasteiger partial charge in [-0.2, -0.15) is 0 Å². The molecule has 1 heterocycles. The molecular weight excluding hydrogens is 400 g/mol. The topological polar surface area (TPSA) is 54.7 Å². The van der Waals surface area contributed by atoms with Crippen molar-refractivity contribution in [2.24, 2.45) is 0 Å². The van der Waals surface area contributed by atoms with Crippen molar-refractivity contribution in [2.75, 3.05) is 19.7 Å². The minimum absolute atomic E-state index is 0. The molecular formula is C24H31ClN2O3. The van der Waals surface area contributed by atoms with Gasteiger partial charge in [0.05, 0.1) is 17.7 Å². The first-order valence-corrected chi connectivity index (χ1v) is 10.2. The molecule has 0 amide bonds. The number of ether oxygens (including phenoxy) is 1. The number of benzene rings is 2. The van der Waals surface area contributed by atoms with E-state index in [2.05, 4.69) is 42.4 Å². The zero-order valence-corrected chi connectivity index (χ0v) is 19.2. The summed E-state index contributed by atoms with van der Waals surface area (Å²) in [6.07, 6.45) is 0. The van der Waals surface area contributed by atoms with Gasteiger partial charge in [-0.1, -0.05) is 31.5 Å². The van der Waals surface area contributed by atoms with Crippen LogP contribution in [-0.2, 0) is 11.3 Å². The molecule has 3 aromatic rings. The fourth-order valence-electron chi connectivity index (χ4n) is 3.87.